The Kier molecular flexibility index (Phi) is 7.17. The molecule has 0 aromatic heterocycles. The molecule has 30 heavy (non-hydrogen) atoms. The molecule has 1 amide bonds. The number of β-amino-alcohol motifs (C(OH)–C–C–N with tert-alkyl or cyclic N) is 1. The van der Waals surface area contributed by atoms with E-state index in [-0.39, 0.29) is 30.9 Å². The van der Waals surface area contributed by atoms with Crippen LogP contribution in [-0.2, 0) is 6.54 Å². The maximum absolute atomic E-state index is 13.0. The van der Waals surface area contributed by atoms with Crippen LogP contribution in [0.4, 0.5) is 4.39 Å². The third-order valence-electron chi connectivity index (χ3n) is 5.54. The first-order valence-corrected chi connectivity index (χ1v) is 9.84. The number of likely N-dealkylation sites (tertiary alicyclic amines) is 1. The lowest BCUT2D eigenvalue weighted by Crippen LogP contribution is -2.62. The monoisotopic (exact) mass is 418 g/mol. The van der Waals surface area contributed by atoms with Crippen LogP contribution in [0.1, 0.15) is 34.5 Å². The normalized spacial score (nSPS) is 25.7. The summed E-state index contributed by atoms with van der Waals surface area (Å²) in [7, 11) is 0. The number of rotatable bonds is 6. The molecule has 1 heterocycles. The van der Waals surface area contributed by atoms with Gasteiger partial charge in [0.05, 0.1) is 24.8 Å². The van der Waals surface area contributed by atoms with E-state index in [1.807, 2.05) is 6.92 Å². The second kappa shape index (κ2) is 9.63. The smallest absolute Gasteiger partial charge is 0.251 e. The molecule has 0 radical (unpaired) electrons. The first-order valence-electron chi connectivity index (χ1n) is 9.84. The summed E-state index contributed by atoms with van der Waals surface area (Å²) >= 11 is 0. The largest absolute Gasteiger partial charge is 0.395 e. The molecular formula is C22H27FN2O5. The molecule has 8 heteroatoms. The van der Waals surface area contributed by atoms with Crippen molar-refractivity contribution in [1.82, 2.24) is 10.2 Å². The van der Waals surface area contributed by atoms with Crippen molar-refractivity contribution in [2.45, 2.75) is 43.9 Å². The fourth-order valence-corrected chi connectivity index (χ4v) is 3.67. The van der Waals surface area contributed by atoms with Crippen LogP contribution in [0.25, 0.3) is 0 Å². The minimum atomic E-state index is -1.30. The van der Waals surface area contributed by atoms with E-state index in [0.717, 1.165) is 11.1 Å². The number of nitrogens with zero attached hydrogens (tertiary/aromatic N) is 1. The fourth-order valence-electron chi connectivity index (χ4n) is 3.67. The van der Waals surface area contributed by atoms with Gasteiger partial charge in [0.15, 0.2) is 0 Å². The number of amides is 1. The van der Waals surface area contributed by atoms with Crippen molar-refractivity contribution < 1.29 is 29.6 Å². The quantitative estimate of drug-likeness (QED) is 0.469. The summed E-state index contributed by atoms with van der Waals surface area (Å²) < 4.78 is 13.0. The third kappa shape index (κ3) is 5.03. The lowest BCUT2D eigenvalue weighted by atomic mass is 9.93. The number of hydrogen-bond acceptors (Lipinski definition) is 6. The lowest BCUT2D eigenvalue weighted by molar-refractivity contribution is -0.147. The molecule has 1 aliphatic heterocycles. The van der Waals surface area contributed by atoms with Gasteiger partial charge in [-0.15, -0.1) is 0 Å². The molecule has 162 valence electrons. The van der Waals surface area contributed by atoms with Crippen LogP contribution in [0.2, 0.25) is 0 Å². The van der Waals surface area contributed by atoms with Gasteiger partial charge in [-0.25, -0.2) is 4.39 Å². The maximum atomic E-state index is 13.0. The molecule has 5 N–H and O–H groups in total. The number of hydrogen-bond donors (Lipinski definition) is 5. The van der Waals surface area contributed by atoms with E-state index in [1.54, 1.807) is 41.3 Å². The third-order valence-corrected chi connectivity index (χ3v) is 5.54. The average molecular weight is 418 g/mol. The Balaban J connectivity index is 1.62. The molecule has 2 aromatic rings. The molecule has 7 nitrogen and oxygen atoms in total. The van der Waals surface area contributed by atoms with Gasteiger partial charge >= 0.3 is 0 Å². The Morgan fingerprint density at radius 1 is 1.10 bits per heavy atom. The first-order chi connectivity index (χ1) is 14.3. The van der Waals surface area contributed by atoms with Gasteiger partial charge in [0.1, 0.15) is 18.0 Å². The molecule has 0 bridgehead atoms. The number of nitrogens with one attached hydrogen (secondary N) is 1. The number of carbonyl (C=O) groups is 1. The Bertz CT molecular complexity index is 846. The van der Waals surface area contributed by atoms with Gasteiger partial charge in [-0.1, -0.05) is 24.3 Å². The zero-order valence-corrected chi connectivity index (χ0v) is 16.6. The zero-order chi connectivity index (χ0) is 21.8. The topological polar surface area (TPSA) is 113 Å². The van der Waals surface area contributed by atoms with Gasteiger partial charge in [0.25, 0.3) is 5.91 Å². The van der Waals surface area contributed by atoms with Crippen LogP contribution in [0.5, 0.6) is 0 Å². The van der Waals surface area contributed by atoms with Crippen molar-refractivity contribution in [3.05, 3.63) is 71.0 Å². The zero-order valence-electron chi connectivity index (χ0n) is 16.6. The van der Waals surface area contributed by atoms with E-state index in [9.17, 15) is 29.6 Å². The van der Waals surface area contributed by atoms with E-state index in [4.69, 9.17) is 0 Å². The predicted octanol–water partition coefficient (Wildman–Crippen LogP) is 0.576. The van der Waals surface area contributed by atoms with Crippen molar-refractivity contribution in [3.8, 4) is 0 Å². The van der Waals surface area contributed by atoms with E-state index in [2.05, 4.69) is 5.32 Å². The molecule has 0 saturated carbocycles. The highest BCUT2D eigenvalue weighted by molar-refractivity contribution is 5.94. The van der Waals surface area contributed by atoms with Crippen LogP contribution in [0.3, 0.4) is 0 Å². The number of aliphatic hydroxyl groups excluding tert-OH is 4. The van der Waals surface area contributed by atoms with Crippen LogP contribution in [-0.4, -0.2) is 68.7 Å². The Labute approximate surface area is 174 Å². The van der Waals surface area contributed by atoms with Gasteiger partial charge in [-0.05, 0) is 42.3 Å². The van der Waals surface area contributed by atoms with Crippen molar-refractivity contribution in [2.24, 2.45) is 0 Å². The van der Waals surface area contributed by atoms with Crippen LogP contribution in [0.15, 0.2) is 48.5 Å². The number of carbonyl (C=O) groups excluding carboxylic acids is 1. The Morgan fingerprint density at radius 2 is 1.73 bits per heavy atom. The molecule has 3 unspecified atom stereocenters. The molecular weight excluding hydrogens is 391 g/mol. The highest BCUT2D eigenvalue weighted by atomic mass is 19.1. The van der Waals surface area contributed by atoms with Crippen molar-refractivity contribution in [2.75, 3.05) is 13.2 Å². The average Bonchev–Trinajstić information content (AvgIpc) is 2.73. The van der Waals surface area contributed by atoms with E-state index < -0.39 is 24.4 Å². The maximum Gasteiger partial charge on any atom is 0.251 e. The number of halogens is 1. The van der Waals surface area contributed by atoms with E-state index >= 15 is 0 Å². The summed E-state index contributed by atoms with van der Waals surface area (Å²) in [6.07, 6.45) is -3.66. The fraction of sp³-hybridized carbons (Fsp3) is 0.409. The molecule has 0 aliphatic carbocycles. The SMILES string of the molecule is CC(NC(=O)c1ccc(CN2C[C@H](O)[C@@H](O)C(O)C2CO)cc1)c1ccc(F)cc1. The Hall–Kier alpha value is -2.36. The Morgan fingerprint density at radius 3 is 2.33 bits per heavy atom. The number of aliphatic hydroxyl groups is 4. The molecule has 1 saturated heterocycles. The van der Waals surface area contributed by atoms with E-state index in [0.29, 0.717) is 12.1 Å². The predicted molar refractivity (Wildman–Crippen MR) is 108 cm³/mol. The minimum absolute atomic E-state index is 0.112. The summed E-state index contributed by atoms with van der Waals surface area (Å²) in [5.74, 6) is -0.599. The van der Waals surface area contributed by atoms with E-state index in [1.165, 1.54) is 12.1 Å². The summed E-state index contributed by atoms with van der Waals surface area (Å²) in [6, 6.07) is 11.8. The minimum Gasteiger partial charge on any atom is -0.395 e. The number of benzene rings is 2. The summed E-state index contributed by atoms with van der Waals surface area (Å²) in [5.41, 5.74) is 2.08. The van der Waals surface area contributed by atoms with Gasteiger partial charge in [-0.3, -0.25) is 9.69 Å². The first kappa shape index (κ1) is 22.3. The molecule has 1 aliphatic rings. The van der Waals surface area contributed by atoms with Gasteiger partial charge in [-0.2, -0.15) is 0 Å². The summed E-state index contributed by atoms with van der Waals surface area (Å²) in [5, 5.41) is 42.2. The molecule has 5 atom stereocenters. The van der Waals surface area contributed by atoms with Crippen LogP contribution >= 0.6 is 0 Å². The molecule has 3 rings (SSSR count). The second-order valence-electron chi connectivity index (χ2n) is 7.67. The van der Waals surface area contributed by atoms with Crippen LogP contribution in [0, 0.1) is 5.82 Å². The second-order valence-corrected chi connectivity index (χ2v) is 7.67. The number of piperidine rings is 1. The van der Waals surface area contributed by atoms with Gasteiger partial charge in [0, 0.05) is 18.7 Å². The molecule has 2 aromatic carbocycles. The molecule has 1 fully saturated rings. The highest BCUT2D eigenvalue weighted by Gasteiger charge is 2.40. The highest BCUT2D eigenvalue weighted by Crippen LogP contribution is 2.21. The van der Waals surface area contributed by atoms with Crippen LogP contribution < -0.4 is 5.32 Å². The van der Waals surface area contributed by atoms with Gasteiger partial charge in [0.2, 0.25) is 0 Å². The molecule has 0 spiro atoms. The standard InChI is InChI=1S/C22H27FN2O5/c1-13(15-6-8-17(23)9-7-15)24-22(30)16-4-2-14(3-5-16)10-25-11-19(27)21(29)20(28)18(25)12-26/h2-9,13,18-21,26-29H,10-12H2,1H3,(H,24,30)/t13?,18?,19-,20?,21+/m0/s1. The lowest BCUT2D eigenvalue weighted by Gasteiger charge is -2.43. The summed E-state index contributed by atoms with van der Waals surface area (Å²) in [4.78, 5) is 14.2. The van der Waals surface area contributed by atoms with Crippen molar-refractivity contribution >= 4 is 5.91 Å². The summed E-state index contributed by atoms with van der Waals surface area (Å²) in [6.45, 7) is 1.91. The van der Waals surface area contributed by atoms with Gasteiger partial charge < -0.3 is 25.7 Å². The van der Waals surface area contributed by atoms with Crippen molar-refractivity contribution in [3.63, 3.8) is 0 Å². The van der Waals surface area contributed by atoms with Crippen molar-refractivity contribution in [1.29, 1.82) is 0 Å².